The molecular weight excluding hydrogens is 334 g/mol. The molecule has 19 heavy (non-hydrogen) atoms. The highest BCUT2D eigenvalue weighted by molar-refractivity contribution is 9.09. The Labute approximate surface area is 124 Å². The van der Waals surface area contributed by atoms with E-state index in [2.05, 4.69) is 15.9 Å². The maximum absolute atomic E-state index is 13.6. The van der Waals surface area contributed by atoms with Crippen LogP contribution in [0.2, 0.25) is 5.02 Å². The highest BCUT2D eigenvalue weighted by Gasteiger charge is 2.14. The molecule has 2 aromatic carbocycles. The lowest BCUT2D eigenvalue weighted by Crippen LogP contribution is -2.00. The Morgan fingerprint density at radius 3 is 2.53 bits per heavy atom. The normalized spacial score (nSPS) is 12.5. The van der Waals surface area contributed by atoms with Crippen molar-refractivity contribution in [2.45, 2.75) is 18.2 Å². The van der Waals surface area contributed by atoms with Crippen molar-refractivity contribution in [3.63, 3.8) is 0 Å². The lowest BCUT2D eigenvalue weighted by atomic mass is 10.00. The van der Waals surface area contributed by atoms with E-state index in [9.17, 15) is 8.78 Å². The lowest BCUT2D eigenvalue weighted by Gasteiger charge is -2.14. The predicted octanol–water partition coefficient (Wildman–Crippen LogP) is 5.61. The predicted molar refractivity (Wildman–Crippen MR) is 77.9 cm³/mol. The van der Waals surface area contributed by atoms with E-state index in [-0.39, 0.29) is 4.83 Å². The Bertz CT molecular complexity index is 599. The highest BCUT2D eigenvalue weighted by atomic mass is 79.9. The van der Waals surface area contributed by atoms with Crippen LogP contribution in [0.3, 0.4) is 0 Å². The highest BCUT2D eigenvalue weighted by Crippen LogP contribution is 2.31. The van der Waals surface area contributed by atoms with Crippen molar-refractivity contribution in [1.29, 1.82) is 0 Å². The molecule has 0 aromatic heterocycles. The fraction of sp³-hybridized carbons (Fsp3) is 0.200. The van der Waals surface area contributed by atoms with Gasteiger partial charge in [0.2, 0.25) is 0 Å². The van der Waals surface area contributed by atoms with Crippen molar-refractivity contribution < 1.29 is 8.78 Å². The quantitative estimate of drug-likeness (QED) is 0.635. The minimum Gasteiger partial charge on any atom is -0.207 e. The number of halogens is 4. The second kappa shape index (κ2) is 6.02. The summed E-state index contributed by atoms with van der Waals surface area (Å²) < 4.78 is 26.5. The van der Waals surface area contributed by atoms with Gasteiger partial charge in [0.1, 0.15) is 11.6 Å². The molecule has 0 bridgehead atoms. The second-order valence-electron chi connectivity index (χ2n) is 4.41. The average molecular weight is 346 g/mol. The molecule has 1 atom stereocenters. The first kappa shape index (κ1) is 14.5. The molecule has 0 heterocycles. The van der Waals surface area contributed by atoms with Crippen LogP contribution in [0, 0.1) is 18.6 Å². The van der Waals surface area contributed by atoms with Gasteiger partial charge >= 0.3 is 0 Å². The van der Waals surface area contributed by atoms with Crippen LogP contribution in [0.1, 0.15) is 21.5 Å². The van der Waals surface area contributed by atoms with E-state index in [0.29, 0.717) is 17.0 Å². The van der Waals surface area contributed by atoms with Crippen molar-refractivity contribution in [2.24, 2.45) is 0 Å². The summed E-state index contributed by atoms with van der Waals surface area (Å²) in [7, 11) is 0. The maximum atomic E-state index is 13.6. The average Bonchev–Trinajstić information content (AvgIpc) is 2.32. The molecule has 0 radical (unpaired) electrons. The number of hydrogen-bond acceptors (Lipinski definition) is 0. The van der Waals surface area contributed by atoms with Gasteiger partial charge in [0.25, 0.3) is 0 Å². The largest absolute Gasteiger partial charge is 0.207 e. The molecule has 0 saturated carbocycles. The molecular formula is C15H12BrClF2. The third-order valence-electron chi connectivity index (χ3n) is 2.98. The molecule has 0 aliphatic carbocycles. The van der Waals surface area contributed by atoms with Crippen molar-refractivity contribution in [3.8, 4) is 0 Å². The Morgan fingerprint density at radius 1 is 1.16 bits per heavy atom. The van der Waals surface area contributed by atoms with Crippen molar-refractivity contribution >= 4 is 27.5 Å². The van der Waals surface area contributed by atoms with Crippen LogP contribution in [-0.2, 0) is 6.42 Å². The Morgan fingerprint density at radius 2 is 1.89 bits per heavy atom. The van der Waals surface area contributed by atoms with Gasteiger partial charge in [0, 0.05) is 15.9 Å². The molecule has 4 heteroatoms. The molecule has 0 aliphatic heterocycles. The Kier molecular flexibility index (Phi) is 4.58. The van der Waals surface area contributed by atoms with Gasteiger partial charge in [-0.2, -0.15) is 0 Å². The van der Waals surface area contributed by atoms with Crippen LogP contribution < -0.4 is 0 Å². The maximum Gasteiger partial charge on any atom is 0.129 e. The summed E-state index contributed by atoms with van der Waals surface area (Å²) in [6.07, 6.45) is 0.453. The SMILES string of the molecule is Cc1cc(Cl)ccc1C(Br)Cc1ccc(F)cc1F. The molecule has 2 aromatic rings. The molecule has 0 fully saturated rings. The summed E-state index contributed by atoms with van der Waals surface area (Å²) in [5.41, 5.74) is 2.57. The zero-order valence-electron chi connectivity index (χ0n) is 10.3. The topological polar surface area (TPSA) is 0 Å². The lowest BCUT2D eigenvalue weighted by molar-refractivity contribution is 0.571. The molecule has 0 saturated heterocycles. The minimum atomic E-state index is -0.560. The zero-order chi connectivity index (χ0) is 14.0. The van der Waals surface area contributed by atoms with E-state index in [4.69, 9.17) is 11.6 Å². The first-order chi connectivity index (χ1) is 8.97. The summed E-state index contributed by atoms with van der Waals surface area (Å²) in [5.74, 6) is -1.08. The summed E-state index contributed by atoms with van der Waals surface area (Å²) in [5, 5.41) is 0.675. The second-order valence-corrected chi connectivity index (χ2v) is 5.95. The minimum absolute atomic E-state index is 0.0373. The van der Waals surface area contributed by atoms with Crippen molar-refractivity contribution in [2.75, 3.05) is 0 Å². The van der Waals surface area contributed by atoms with Gasteiger partial charge in [-0.25, -0.2) is 8.78 Å². The summed E-state index contributed by atoms with van der Waals surface area (Å²) in [4.78, 5) is -0.0373. The smallest absolute Gasteiger partial charge is 0.129 e. The van der Waals surface area contributed by atoms with Gasteiger partial charge in [-0.05, 0) is 48.2 Å². The van der Waals surface area contributed by atoms with Gasteiger partial charge in [-0.15, -0.1) is 0 Å². The van der Waals surface area contributed by atoms with Gasteiger partial charge in [-0.3, -0.25) is 0 Å². The fourth-order valence-electron chi connectivity index (χ4n) is 1.98. The fourth-order valence-corrected chi connectivity index (χ4v) is 3.07. The molecule has 2 rings (SSSR count). The standard InChI is InChI=1S/C15H12BrClF2/c1-9-6-11(17)3-5-13(9)14(16)7-10-2-4-12(18)8-15(10)19/h2-6,8,14H,7H2,1H3. The number of alkyl halides is 1. The summed E-state index contributed by atoms with van der Waals surface area (Å²) in [6.45, 7) is 1.95. The van der Waals surface area contributed by atoms with Gasteiger partial charge in [0.15, 0.2) is 0 Å². The van der Waals surface area contributed by atoms with Crippen molar-refractivity contribution in [3.05, 3.63) is 69.7 Å². The third-order valence-corrected chi connectivity index (χ3v) is 4.04. The molecule has 0 amide bonds. The zero-order valence-corrected chi connectivity index (χ0v) is 12.6. The third kappa shape index (κ3) is 3.54. The van der Waals surface area contributed by atoms with Crippen LogP contribution in [0.15, 0.2) is 36.4 Å². The van der Waals surface area contributed by atoms with Gasteiger partial charge in [-0.1, -0.05) is 39.7 Å². The van der Waals surface area contributed by atoms with Crippen LogP contribution in [0.25, 0.3) is 0 Å². The molecule has 0 nitrogen and oxygen atoms in total. The van der Waals surface area contributed by atoms with Crippen LogP contribution >= 0.6 is 27.5 Å². The van der Waals surface area contributed by atoms with E-state index in [1.807, 2.05) is 19.1 Å². The first-order valence-corrected chi connectivity index (χ1v) is 7.11. The molecule has 1 unspecified atom stereocenters. The number of rotatable bonds is 3. The van der Waals surface area contributed by atoms with Gasteiger partial charge < -0.3 is 0 Å². The molecule has 0 aliphatic rings. The molecule has 100 valence electrons. The van der Waals surface area contributed by atoms with E-state index in [1.165, 1.54) is 12.1 Å². The van der Waals surface area contributed by atoms with E-state index in [0.717, 1.165) is 17.2 Å². The van der Waals surface area contributed by atoms with Crippen LogP contribution in [0.4, 0.5) is 8.78 Å². The van der Waals surface area contributed by atoms with Gasteiger partial charge in [0.05, 0.1) is 0 Å². The number of aryl methyl sites for hydroxylation is 1. The Balaban J connectivity index is 2.23. The summed E-state index contributed by atoms with van der Waals surface area (Å²) in [6, 6.07) is 9.24. The van der Waals surface area contributed by atoms with Crippen molar-refractivity contribution in [1.82, 2.24) is 0 Å². The van der Waals surface area contributed by atoms with E-state index in [1.54, 1.807) is 6.07 Å². The summed E-state index contributed by atoms with van der Waals surface area (Å²) >= 11 is 9.45. The van der Waals surface area contributed by atoms with Crippen LogP contribution in [-0.4, -0.2) is 0 Å². The molecule has 0 N–H and O–H groups in total. The van der Waals surface area contributed by atoms with E-state index >= 15 is 0 Å². The van der Waals surface area contributed by atoms with E-state index < -0.39 is 11.6 Å². The number of hydrogen-bond donors (Lipinski definition) is 0. The Hall–Kier alpha value is -0.930. The van der Waals surface area contributed by atoms with Crippen LogP contribution in [0.5, 0.6) is 0 Å². The number of benzene rings is 2. The monoisotopic (exact) mass is 344 g/mol. The first-order valence-electron chi connectivity index (χ1n) is 5.81. The molecule has 0 spiro atoms.